The van der Waals surface area contributed by atoms with Crippen molar-refractivity contribution in [3.05, 3.63) is 33.8 Å². The monoisotopic (exact) mass is 331 g/mol. The van der Waals surface area contributed by atoms with Crippen molar-refractivity contribution in [3.8, 4) is 0 Å². The van der Waals surface area contributed by atoms with Crippen molar-refractivity contribution in [2.24, 2.45) is 0 Å². The van der Waals surface area contributed by atoms with Crippen molar-refractivity contribution >= 4 is 33.6 Å². The lowest BCUT2D eigenvalue weighted by Crippen LogP contribution is -2.37. The van der Waals surface area contributed by atoms with Crippen LogP contribution < -0.4 is 5.32 Å². The van der Waals surface area contributed by atoms with E-state index in [9.17, 15) is 4.79 Å². The molecule has 0 radical (unpaired) electrons. The quantitative estimate of drug-likeness (QED) is 0.842. The molecule has 1 atom stereocenters. The molecule has 0 aromatic heterocycles. The van der Waals surface area contributed by atoms with Crippen molar-refractivity contribution in [2.45, 2.75) is 19.4 Å². The van der Waals surface area contributed by atoms with Crippen LogP contribution in [0.1, 0.15) is 22.3 Å². The second kappa shape index (κ2) is 7.81. The van der Waals surface area contributed by atoms with Gasteiger partial charge in [-0.3, -0.25) is 4.79 Å². The third-order valence-electron chi connectivity index (χ3n) is 2.61. The number of aliphatic hydroxyl groups is 1. The van der Waals surface area contributed by atoms with Gasteiger partial charge in [0.2, 0.25) is 0 Å². The van der Waals surface area contributed by atoms with Gasteiger partial charge in [0.1, 0.15) is 0 Å². The van der Waals surface area contributed by atoms with Crippen molar-refractivity contribution in [1.82, 2.24) is 5.32 Å². The molecule has 0 saturated heterocycles. The number of carbonyl (C=O) groups excluding carboxylic acids is 1. The molecule has 1 aromatic carbocycles. The summed E-state index contributed by atoms with van der Waals surface area (Å²) in [7, 11) is 0. The fraction of sp³-hybridized carbons (Fsp3) is 0.462. The van der Waals surface area contributed by atoms with Crippen LogP contribution in [0.3, 0.4) is 0 Å². The number of aliphatic hydroxyl groups excluding tert-OH is 1. The van der Waals surface area contributed by atoms with Crippen molar-refractivity contribution in [2.75, 3.05) is 18.6 Å². The number of thioether (sulfide) groups is 1. The number of halogens is 1. The minimum Gasteiger partial charge on any atom is -0.396 e. The Morgan fingerprint density at radius 1 is 1.56 bits per heavy atom. The van der Waals surface area contributed by atoms with Crippen molar-refractivity contribution in [3.63, 3.8) is 0 Å². The summed E-state index contributed by atoms with van der Waals surface area (Å²) in [6.07, 6.45) is 2.57. The molecule has 0 fully saturated rings. The van der Waals surface area contributed by atoms with E-state index in [1.165, 1.54) is 0 Å². The molecule has 1 aromatic rings. The van der Waals surface area contributed by atoms with Crippen molar-refractivity contribution in [1.29, 1.82) is 0 Å². The summed E-state index contributed by atoms with van der Waals surface area (Å²) in [4.78, 5) is 12.0. The third-order valence-corrected chi connectivity index (χ3v) is 4.20. The molecule has 0 aliphatic heterocycles. The number of aryl methyl sites for hydroxylation is 1. The fourth-order valence-corrected chi connectivity index (χ4v) is 2.59. The highest BCUT2D eigenvalue weighted by molar-refractivity contribution is 9.10. The minimum absolute atomic E-state index is 0.0116. The number of hydrogen-bond donors (Lipinski definition) is 2. The van der Waals surface area contributed by atoms with E-state index in [4.69, 9.17) is 5.11 Å². The maximum absolute atomic E-state index is 12.0. The number of carbonyl (C=O) groups is 1. The van der Waals surface area contributed by atoms with E-state index < -0.39 is 0 Å². The lowest BCUT2D eigenvalue weighted by molar-refractivity contribution is 0.0935. The first-order valence-corrected chi connectivity index (χ1v) is 7.94. The molecule has 3 nitrogen and oxygen atoms in total. The van der Waals surface area contributed by atoms with Gasteiger partial charge in [-0.1, -0.05) is 22.0 Å². The molecule has 0 aliphatic carbocycles. The van der Waals surface area contributed by atoms with Crippen molar-refractivity contribution < 1.29 is 9.90 Å². The van der Waals surface area contributed by atoms with E-state index in [0.29, 0.717) is 12.0 Å². The molecule has 0 spiro atoms. The van der Waals surface area contributed by atoms with Gasteiger partial charge in [0, 0.05) is 28.4 Å². The average Bonchev–Trinajstić information content (AvgIpc) is 2.33. The highest BCUT2D eigenvalue weighted by Gasteiger charge is 2.13. The fourth-order valence-electron chi connectivity index (χ4n) is 1.56. The first-order valence-electron chi connectivity index (χ1n) is 5.75. The molecular weight excluding hydrogens is 314 g/mol. The Morgan fingerprint density at radius 3 is 2.83 bits per heavy atom. The summed E-state index contributed by atoms with van der Waals surface area (Å²) >= 11 is 5.08. The Kier molecular flexibility index (Phi) is 6.75. The second-order valence-electron chi connectivity index (χ2n) is 4.10. The van der Waals surface area contributed by atoms with Crippen LogP contribution in [0.5, 0.6) is 0 Å². The molecular formula is C13H18BrNO2S. The Labute approximate surface area is 120 Å². The zero-order valence-corrected chi connectivity index (χ0v) is 13.0. The molecule has 1 rings (SSSR count). The van der Waals surface area contributed by atoms with Crippen LogP contribution >= 0.6 is 27.7 Å². The standard InChI is InChI=1S/C13H18BrNO2S/c1-9-3-4-10(7-12(9)14)13(17)15-11(5-6-16)8-18-2/h3-4,7,11,16H,5-6,8H2,1-2H3,(H,15,17). The Hall–Kier alpha value is -0.520. The van der Waals surface area contributed by atoms with Crippen LogP contribution in [0.15, 0.2) is 22.7 Å². The Balaban J connectivity index is 2.70. The topological polar surface area (TPSA) is 49.3 Å². The number of amides is 1. The summed E-state index contributed by atoms with van der Waals surface area (Å²) < 4.78 is 0.929. The predicted octanol–water partition coefficient (Wildman–Crippen LogP) is 2.60. The molecule has 0 aliphatic rings. The molecule has 5 heteroatoms. The number of rotatable bonds is 6. The van der Waals surface area contributed by atoms with E-state index >= 15 is 0 Å². The number of hydrogen-bond acceptors (Lipinski definition) is 3. The summed E-state index contributed by atoms with van der Waals surface area (Å²) in [6.45, 7) is 2.07. The maximum Gasteiger partial charge on any atom is 0.251 e. The second-order valence-corrected chi connectivity index (χ2v) is 5.87. The molecule has 0 bridgehead atoms. The van der Waals surface area contributed by atoms with Gasteiger partial charge in [-0.05, 0) is 37.3 Å². The SMILES string of the molecule is CSCC(CCO)NC(=O)c1ccc(C)c(Br)c1. The smallest absolute Gasteiger partial charge is 0.251 e. The maximum atomic E-state index is 12.0. The normalized spacial score (nSPS) is 12.2. The highest BCUT2D eigenvalue weighted by atomic mass is 79.9. The van der Waals surface area contributed by atoms with Crippen LogP contribution in [0.2, 0.25) is 0 Å². The molecule has 1 unspecified atom stereocenters. The lowest BCUT2D eigenvalue weighted by atomic mass is 10.1. The van der Waals surface area contributed by atoms with Gasteiger partial charge in [-0.15, -0.1) is 0 Å². The molecule has 2 N–H and O–H groups in total. The van der Waals surface area contributed by atoms with Crippen LogP contribution in [0, 0.1) is 6.92 Å². The van der Waals surface area contributed by atoms with E-state index in [2.05, 4.69) is 21.2 Å². The largest absolute Gasteiger partial charge is 0.396 e. The summed E-state index contributed by atoms with van der Waals surface area (Å²) in [5, 5.41) is 11.9. The molecule has 0 heterocycles. The van der Waals surface area contributed by atoms with Gasteiger partial charge in [0.15, 0.2) is 0 Å². The van der Waals surface area contributed by atoms with Crippen LogP contribution in [0.25, 0.3) is 0 Å². The highest BCUT2D eigenvalue weighted by Crippen LogP contribution is 2.17. The van der Waals surface area contributed by atoms with E-state index in [-0.39, 0.29) is 18.6 Å². The van der Waals surface area contributed by atoms with Gasteiger partial charge in [0.25, 0.3) is 5.91 Å². The van der Waals surface area contributed by atoms with E-state index in [1.54, 1.807) is 11.8 Å². The molecule has 100 valence electrons. The van der Waals surface area contributed by atoms with Gasteiger partial charge >= 0.3 is 0 Å². The van der Waals surface area contributed by atoms with E-state index in [1.807, 2.05) is 31.4 Å². The number of benzene rings is 1. The van der Waals surface area contributed by atoms with Crippen LogP contribution in [0.4, 0.5) is 0 Å². The van der Waals surface area contributed by atoms with Crippen LogP contribution in [-0.4, -0.2) is 35.7 Å². The third kappa shape index (κ3) is 4.63. The zero-order valence-electron chi connectivity index (χ0n) is 10.6. The zero-order chi connectivity index (χ0) is 13.5. The summed E-state index contributed by atoms with van der Waals surface area (Å²) in [5.74, 6) is 0.711. The summed E-state index contributed by atoms with van der Waals surface area (Å²) in [6, 6.07) is 5.55. The Bertz CT molecular complexity index is 406. The summed E-state index contributed by atoms with van der Waals surface area (Å²) in [5.41, 5.74) is 1.74. The average molecular weight is 332 g/mol. The molecule has 1 amide bonds. The van der Waals surface area contributed by atoms with E-state index in [0.717, 1.165) is 15.8 Å². The molecule has 18 heavy (non-hydrogen) atoms. The minimum atomic E-state index is -0.0943. The Morgan fingerprint density at radius 2 is 2.28 bits per heavy atom. The lowest BCUT2D eigenvalue weighted by Gasteiger charge is -2.16. The van der Waals surface area contributed by atoms with Gasteiger partial charge in [0.05, 0.1) is 0 Å². The first kappa shape index (κ1) is 15.5. The van der Waals surface area contributed by atoms with Gasteiger partial charge in [-0.2, -0.15) is 11.8 Å². The molecule has 0 saturated carbocycles. The van der Waals surface area contributed by atoms with Crippen LogP contribution in [-0.2, 0) is 0 Å². The predicted molar refractivity (Wildman–Crippen MR) is 80.2 cm³/mol. The number of nitrogens with one attached hydrogen (secondary N) is 1. The van der Waals surface area contributed by atoms with Gasteiger partial charge in [-0.25, -0.2) is 0 Å². The van der Waals surface area contributed by atoms with Gasteiger partial charge < -0.3 is 10.4 Å². The first-order chi connectivity index (χ1) is 8.58.